The van der Waals surface area contributed by atoms with Gasteiger partial charge in [-0.15, -0.1) is 0 Å². The second-order valence-electron chi connectivity index (χ2n) is 6.02. The van der Waals surface area contributed by atoms with E-state index < -0.39 is 0 Å². The molecule has 1 amide bonds. The number of carbonyl (C=O) groups is 1. The predicted octanol–water partition coefficient (Wildman–Crippen LogP) is 3.24. The fourth-order valence-electron chi connectivity index (χ4n) is 3.13. The molecule has 0 bridgehead atoms. The number of carbonyl (C=O) groups excluding carboxylic acids is 1. The van der Waals surface area contributed by atoms with E-state index in [4.69, 9.17) is 4.74 Å². The Morgan fingerprint density at radius 1 is 1.35 bits per heavy atom. The molecule has 0 fully saturated rings. The molecule has 122 valence electrons. The van der Waals surface area contributed by atoms with Gasteiger partial charge in [-0.2, -0.15) is 5.10 Å². The van der Waals surface area contributed by atoms with Crippen LogP contribution in [0.5, 0.6) is 0 Å². The quantitative estimate of drug-likeness (QED) is 0.890. The van der Waals surface area contributed by atoms with E-state index in [-0.39, 0.29) is 11.8 Å². The zero-order valence-corrected chi connectivity index (χ0v) is 13.7. The second kappa shape index (κ2) is 6.96. The van der Waals surface area contributed by atoms with Crippen LogP contribution >= 0.6 is 0 Å². The molecule has 1 aliphatic rings. The van der Waals surface area contributed by atoms with Crippen LogP contribution in [0.3, 0.4) is 0 Å². The number of aromatic nitrogens is 2. The average molecular weight is 313 g/mol. The van der Waals surface area contributed by atoms with Crippen molar-refractivity contribution in [1.29, 1.82) is 0 Å². The number of hydrogen-bond acceptors (Lipinski definition) is 3. The van der Waals surface area contributed by atoms with Crippen LogP contribution in [0.15, 0.2) is 30.3 Å². The fourth-order valence-corrected chi connectivity index (χ4v) is 3.13. The maximum atomic E-state index is 12.0. The third kappa shape index (κ3) is 3.45. The van der Waals surface area contributed by atoms with Gasteiger partial charge in [0.2, 0.25) is 5.91 Å². The normalized spacial score (nSPS) is 17.0. The Hall–Kier alpha value is -2.14. The molecule has 0 saturated carbocycles. The minimum Gasteiger partial charge on any atom is -0.376 e. The Labute approximate surface area is 136 Å². The summed E-state index contributed by atoms with van der Waals surface area (Å²) in [6, 6.07) is 10.1. The SMILES string of the molecule is CCCn1nc(C)c2c1NC(=O)C[C@@H]2COCc1ccccc1. The van der Waals surface area contributed by atoms with Crippen molar-refractivity contribution < 1.29 is 9.53 Å². The Bertz CT molecular complexity index is 679. The van der Waals surface area contributed by atoms with E-state index >= 15 is 0 Å². The van der Waals surface area contributed by atoms with Gasteiger partial charge >= 0.3 is 0 Å². The Morgan fingerprint density at radius 3 is 2.87 bits per heavy atom. The maximum Gasteiger partial charge on any atom is 0.226 e. The minimum atomic E-state index is 0.0445. The van der Waals surface area contributed by atoms with Gasteiger partial charge in [0.15, 0.2) is 0 Å². The van der Waals surface area contributed by atoms with Gasteiger partial charge in [0.05, 0.1) is 18.9 Å². The van der Waals surface area contributed by atoms with Crippen molar-refractivity contribution in [1.82, 2.24) is 9.78 Å². The lowest BCUT2D eigenvalue weighted by Crippen LogP contribution is -2.26. The molecular weight excluding hydrogens is 290 g/mol. The van der Waals surface area contributed by atoms with E-state index in [0.29, 0.717) is 19.6 Å². The van der Waals surface area contributed by atoms with Crippen molar-refractivity contribution in [3.05, 3.63) is 47.2 Å². The number of anilines is 1. The molecule has 2 aromatic rings. The second-order valence-corrected chi connectivity index (χ2v) is 6.02. The molecule has 0 aliphatic carbocycles. The Morgan fingerprint density at radius 2 is 2.13 bits per heavy atom. The summed E-state index contributed by atoms with van der Waals surface area (Å²) in [7, 11) is 0. The van der Waals surface area contributed by atoms with Gasteiger partial charge in [0, 0.05) is 24.4 Å². The molecule has 1 atom stereocenters. The fraction of sp³-hybridized carbons (Fsp3) is 0.444. The van der Waals surface area contributed by atoms with Crippen LogP contribution in [0, 0.1) is 6.92 Å². The number of nitrogens with one attached hydrogen (secondary N) is 1. The van der Waals surface area contributed by atoms with Gasteiger partial charge in [0.1, 0.15) is 5.82 Å². The van der Waals surface area contributed by atoms with E-state index in [1.54, 1.807) is 0 Å². The molecule has 1 aromatic heterocycles. The van der Waals surface area contributed by atoms with E-state index in [9.17, 15) is 4.79 Å². The molecule has 0 radical (unpaired) electrons. The van der Waals surface area contributed by atoms with Crippen molar-refractivity contribution in [3.8, 4) is 0 Å². The van der Waals surface area contributed by atoms with E-state index in [1.165, 1.54) is 0 Å². The number of nitrogens with zero attached hydrogens (tertiary/aromatic N) is 2. The van der Waals surface area contributed by atoms with Crippen molar-refractivity contribution in [2.75, 3.05) is 11.9 Å². The van der Waals surface area contributed by atoms with Crippen LogP contribution in [0.1, 0.15) is 42.5 Å². The van der Waals surface area contributed by atoms with Crippen LogP contribution in [-0.2, 0) is 22.7 Å². The zero-order valence-electron chi connectivity index (χ0n) is 13.7. The first-order chi connectivity index (χ1) is 11.2. The topological polar surface area (TPSA) is 56.2 Å². The molecule has 23 heavy (non-hydrogen) atoms. The molecule has 1 aliphatic heterocycles. The Kier molecular flexibility index (Phi) is 4.76. The summed E-state index contributed by atoms with van der Waals surface area (Å²) >= 11 is 0. The van der Waals surface area contributed by atoms with Crippen molar-refractivity contribution >= 4 is 11.7 Å². The molecule has 2 heterocycles. The van der Waals surface area contributed by atoms with Crippen molar-refractivity contribution in [2.45, 2.75) is 45.8 Å². The minimum absolute atomic E-state index is 0.0445. The standard InChI is InChI=1S/C18H23N3O2/c1-3-9-21-18-17(13(2)20-21)15(10-16(22)19-18)12-23-11-14-7-5-4-6-8-14/h4-8,15H,3,9-12H2,1-2H3,(H,19,22)/t15-/m1/s1. The number of ether oxygens (including phenoxy) is 1. The molecule has 0 saturated heterocycles. The largest absolute Gasteiger partial charge is 0.376 e. The number of amides is 1. The summed E-state index contributed by atoms with van der Waals surface area (Å²) < 4.78 is 7.78. The molecule has 0 unspecified atom stereocenters. The molecular formula is C18H23N3O2. The van der Waals surface area contributed by atoms with Crippen LogP contribution in [0.25, 0.3) is 0 Å². The molecule has 3 rings (SSSR count). The van der Waals surface area contributed by atoms with Crippen LogP contribution in [-0.4, -0.2) is 22.3 Å². The summed E-state index contributed by atoms with van der Waals surface area (Å²) in [5.41, 5.74) is 3.26. The highest BCUT2D eigenvalue weighted by Crippen LogP contribution is 2.35. The summed E-state index contributed by atoms with van der Waals surface area (Å²) in [5.74, 6) is 0.977. The van der Waals surface area contributed by atoms with Crippen molar-refractivity contribution in [3.63, 3.8) is 0 Å². The molecule has 5 nitrogen and oxygen atoms in total. The van der Waals surface area contributed by atoms with Crippen LogP contribution in [0.2, 0.25) is 0 Å². The lowest BCUT2D eigenvalue weighted by molar-refractivity contribution is -0.117. The lowest BCUT2D eigenvalue weighted by Gasteiger charge is -2.24. The van der Waals surface area contributed by atoms with Crippen LogP contribution < -0.4 is 5.32 Å². The first kappa shape index (κ1) is 15.7. The van der Waals surface area contributed by atoms with Gasteiger partial charge in [0.25, 0.3) is 0 Å². The lowest BCUT2D eigenvalue weighted by atomic mass is 9.93. The molecule has 0 spiro atoms. The third-order valence-electron chi connectivity index (χ3n) is 4.14. The zero-order chi connectivity index (χ0) is 16.2. The third-order valence-corrected chi connectivity index (χ3v) is 4.14. The smallest absolute Gasteiger partial charge is 0.226 e. The summed E-state index contributed by atoms with van der Waals surface area (Å²) in [4.78, 5) is 12.0. The van der Waals surface area contributed by atoms with Crippen LogP contribution in [0.4, 0.5) is 5.82 Å². The number of rotatable bonds is 6. The monoisotopic (exact) mass is 313 g/mol. The van der Waals surface area contributed by atoms with Gasteiger partial charge < -0.3 is 10.1 Å². The summed E-state index contributed by atoms with van der Waals surface area (Å²) in [6.07, 6.45) is 1.44. The first-order valence-corrected chi connectivity index (χ1v) is 8.17. The van der Waals surface area contributed by atoms with E-state index in [1.807, 2.05) is 41.9 Å². The van der Waals surface area contributed by atoms with Crippen molar-refractivity contribution in [2.24, 2.45) is 0 Å². The van der Waals surface area contributed by atoms with Gasteiger partial charge in [-0.05, 0) is 18.9 Å². The van der Waals surface area contributed by atoms with Gasteiger partial charge in [-0.1, -0.05) is 37.3 Å². The Balaban J connectivity index is 1.72. The first-order valence-electron chi connectivity index (χ1n) is 8.17. The van der Waals surface area contributed by atoms with Gasteiger partial charge in [-0.3, -0.25) is 4.79 Å². The maximum absolute atomic E-state index is 12.0. The predicted molar refractivity (Wildman–Crippen MR) is 89.3 cm³/mol. The van der Waals surface area contributed by atoms with E-state index in [0.717, 1.165) is 35.6 Å². The number of fused-ring (bicyclic) bond motifs is 1. The van der Waals surface area contributed by atoms with Gasteiger partial charge in [-0.25, -0.2) is 4.68 Å². The average Bonchev–Trinajstić information content (AvgIpc) is 2.85. The molecule has 1 N–H and O–H groups in total. The summed E-state index contributed by atoms with van der Waals surface area (Å²) in [5, 5.41) is 7.56. The number of hydrogen-bond donors (Lipinski definition) is 1. The summed E-state index contributed by atoms with van der Waals surface area (Å²) in [6.45, 7) is 6.03. The molecule has 5 heteroatoms. The highest BCUT2D eigenvalue weighted by Gasteiger charge is 2.31. The number of benzene rings is 1. The molecule has 1 aromatic carbocycles. The number of aryl methyl sites for hydroxylation is 2. The highest BCUT2D eigenvalue weighted by atomic mass is 16.5. The highest BCUT2D eigenvalue weighted by molar-refractivity contribution is 5.94. The van der Waals surface area contributed by atoms with E-state index in [2.05, 4.69) is 17.3 Å².